The van der Waals surface area contributed by atoms with Crippen LogP contribution in [0, 0.1) is 0 Å². The van der Waals surface area contributed by atoms with E-state index in [-0.39, 0.29) is 18.1 Å². The monoisotopic (exact) mass is 390 g/mol. The van der Waals surface area contributed by atoms with Crippen LogP contribution in [0.3, 0.4) is 0 Å². The fourth-order valence-corrected chi connectivity index (χ4v) is 3.37. The van der Waals surface area contributed by atoms with E-state index >= 15 is 0 Å². The first-order valence-electron chi connectivity index (χ1n) is 9.00. The van der Waals surface area contributed by atoms with Gasteiger partial charge in [0.25, 0.3) is 0 Å². The van der Waals surface area contributed by atoms with Crippen molar-refractivity contribution in [3.05, 3.63) is 59.7 Å². The SMILES string of the molecule is OC[C@@H](O)[C@H]1OC(c2ccc(O)cc2)O[C@H]2COC(c3ccc(O)cc3)O[C@@H]12. The predicted molar refractivity (Wildman–Crippen MR) is 95.4 cm³/mol. The zero-order valence-electron chi connectivity index (χ0n) is 14.9. The molecule has 2 aliphatic rings. The lowest BCUT2D eigenvalue weighted by atomic mass is 9.99. The summed E-state index contributed by atoms with van der Waals surface area (Å²) in [4.78, 5) is 0. The Morgan fingerprint density at radius 3 is 1.96 bits per heavy atom. The van der Waals surface area contributed by atoms with E-state index in [0.717, 1.165) is 0 Å². The highest BCUT2D eigenvalue weighted by Gasteiger charge is 2.48. The molecule has 2 aromatic rings. The molecule has 0 aromatic heterocycles. The molecule has 2 aromatic carbocycles. The largest absolute Gasteiger partial charge is 0.508 e. The highest BCUT2D eigenvalue weighted by molar-refractivity contribution is 5.28. The second-order valence-electron chi connectivity index (χ2n) is 6.81. The van der Waals surface area contributed by atoms with E-state index in [1.807, 2.05) is 0 Å². The van der Waals surface area contributed by atoms with Gasteiger partial charge in [-0.25, -0.2) is 0 Å². The lowest BCUT2D eigenvalue weighted by molar-refractivity contribution is -0.373. The summed E-state index contributed by atoms with van der Waals surface area (Å²) in [6.45, 7) is -0.299. The van der Waals surface area contributed by atoms with Crippen molar-refractivity contribution in [3.8, 4) is 11.5 Å². The molecular formula is C20H22O8. The van der Waals surface area contributed by atoms with E-state index in [9.17, 15) is 20.4 Å². The number of ether oxygens (including phenoxy) is 4. The van der Waals surface area contributed by atoms with E-state index in [4.69, 9.17) is 18.9 Å². The molecule has 2 heterocycles. The number of hydrogen-bond donors (Lipinski definition) is 4. The van der Waals surface area contributed by atoms with Gasteiger partial charge >= 0.3 is 0 Å². The van der Waals surface area contributed by atoms with Gasteiger partial charge in [-0.2, -0.15) is 0 Å². The highest BCUT2D eigenvalue weighted by atomic mass is 16.8. The number of phenolic OH excluding ortho intramolecular Hbond substituents is 2. The van der Waals surface area contributed by atoms with Gasteiger partial charge in [0.05, 0.1) is 13.2 Å². The summed E-state index contributed by atoms with van der Waals surface area (Å²) >= 11 is 0. The van der Waals surface area contributed by atoms with Crippen LogP contribution in [-0.4, -0.2) is 58.1 Å². The molecule has 150 valence electrons. The van der Waals surface area contributed by atoms with Crippen LogP contribution >= 0.6 is 0 Å². The van der Waals surface area contributed by atoms with Crippen LogP contribution in [0.1, 0.15) is 23.7 Å². The van der Waals surface area contributed by atoms with Crippen molar-refractivity contribution in [3.63, 3.8) is 0 Å². The molecule has 4 N–H and O–H groups in total. The third-order valence-electron chi connectivity index (χ3n) is 4.86. The number of phenols is 2. The quantitative estimate of drug-likeness (QED) is 0.618. The number of fused-ring (bicyclic) bond motifs is 1. The van der Waals surface area contributed by atoms with E-state index in [0.29, 0.717) is 11.1 Å². The Balaban J connectivity index is 1.55. The Hall–Kier alpha value is -2.20. The summed E-state index contributed by atoms with van der Waals surface area (Å²) in [5.41, 5.74) is 1.36. The molecule has 8 nitrogen and oxygen atoms in total. The van der Waals surface area contributed by atoms with Gasteiger partial charge in [0, 0.05) is 11.1 Å². The lowest BCUT2D eigenvalue weighted by Gasteiger charge is -2.47. The van der Waals surface area contributed by atoms with Gasteiger partial charge in [-0.05, 0) is 24.3 Å². The van der Waals surface area contributed by atoms with Crippen LogP contribution in [-0.2, 0) is 18.9 Å². The maximum absolute atomic E-state index is 10.3. The Bertz CT molecular complexity index is 776. The molecule has 0 spiro atoms. The maximum Gasteiger partial charge on any atom is 0.184 e. The standard InChI is InChI=1S/C20H22O8/c21-9-15(24)17-18-16(26-20(27-17)12-3-7-14(23)8-4-12)10-25-19(28-18)11-1-5-13(22)6-2-11/h1-8,15-24H,9-10H2/t15-,16+,17-,18-,19?,20?/m1/s1. The van der Waals surface area contributed by atoms with E-state index in [1.54, 1.807) is 24.3 Å². The number of aliphatic hydroxyl groups is 2. The molecule has 2 unspecified atom stereocenters. The van der Waals surface area contributed by atoms with Gasteiger partial charge in [0.2, 0.25) is 0 Å². The molecule has 2 saturated heterocycles. The first kappa shape index (κ1) is 19.1. The number of rotatable bonds is 4. The molecule has 2 aliphatic heterocycles. The number of aliphatic hydroxyl groups excluding tert-OH is 2. The van der Waals surface area contributed by atoms with Gasteiger partial charge < -0.3 is 39.4 Å². The Labute approximate surface area is 161 Å². The molecule has 0 saturated carbocycles. The number of aromatic hydroxyl groups is 2. The van der Waals surface area contributed by atoms with Gasteiger partial charge in [-0.3, -0.25) is 0 Å². The zero-order chi connectivity index (χ0) is 19.7. The van der Waals surface area contributed by atoms with Crippen LogP contribution < -0.4 is 0 Å². The fourth-order valence-electron chi connectivity index (χ4n) is 3.37. The minimum Gasteiger partial charge on any atom is -0.508 e. The third-order valence-corrected chi connectivity index (χ3v) is 4.86. The van der Waals surface area contributed by atoms with Crippen molar-refractivity contribution < 1.29 is 39.4 Å². The predicted octanol–water partition coefficient (Wildman–Crippen LogP) is 1.35. The molecular weight excluding hydrogens is 368 g/mol. The van der Waals surface area contributed by atoms with Crippen LogP contribution in [0.4, 0.5) is 0 Å². The average Bonchev–Trinajstić information content (AvgIpc) is 2.73. The molecule has 4 rings (SSSR count). The van der Waals surface area contributed by atoms with Crippen molar-refractivity contribution in [2.24, 2.45) is 0 Å². The van der Waals surface area contributed by atoms with E-state index in [2.05, 4.69) is 0 Å². The van der Waals surface area contributed by atoms with E-state index < -0.39 is 43.6 Å². The smallest absolute Gasteiger partial charge is 0.184 e. The van der Waals surface area contributed by atoms with Crippen molar-refractivity contribution in [2.45, 2.75) is 37.0 Å². The molecule has 2 fully saturated rings. The molecule has 0 amide bonds. The van der Waals surface area contributed by atoms with Crippen LogP contribution in [0.25, 0.3) is 0 Å². The maximum atomic E-state index is 10.3. The van der Waals surface area contributed by atoms with E-state index in [1.165, 1.54) is 24.3 Å². The molecule has 0 radical (unpaired) electrons. The summed E-state index contributed by atoms with van der Waals surface area (Å²) in [5, 5.41) is 38.7. The first-order valence-corrected chi connectivity index (χ1v) is 9.00. The molecule has 28 heavy (non-hydrogen) atoms. The first-order chi connectivity index (χ1) is 13.5. The Morgan fingerprint density at radius 2 is 1.39 bits per heavy atom. The van der Waals surface area contributed by atoms with Gasteiger partial charge in [-0.15, -0.1) is 0 Å². The molecule has 8 heteroatoms. The van der Waals surface area contributed by atoms with Crippen LogP contribution in [0.5, 0.6) is 11.5 Å². The summed E-state index contributed by atoms with van der Waals surface area (Å²) in [6.07, 6.45) is -4.71. The zero-order valence-corrected chi connectivity index (χ0v) is 14.9. The molecule has 6 atom stereocenters. The third kappa shape index (κ3) is 3.83. The Kier molecular flexibility index (Phi) is 5.49. The second kappa shape index (κ2) is 8.04. The molecule has 0 bridgehead atoms. The van der Waals surface area contributed by atoms with Crippen LogP contribution in [0.15, 0.2) is 48.5 Å². The normalized spacial score (nSPS) is 31.1. The van der Waals surface area contributed by atoms with Crippen molar-refractivity contribution in [2.75, 3.05) is 13.2 Å². The summed E-state index contributed by atoms with van der Waals surface area (Å²) in [5.74, 6) is 0.248. The van der Waals surface area contributed by atoms with Gasteiger partial charge in [-0.1, -0.05) is 24.3 Å². The second-order valence-corrected chi connectivity index (χ2v) is 6.81. The Morgan fingerprint density at radius 1 is 0.821 bits per heavy atom. The minimum absolute atomic E-state index is 0.116. The minimum atomic E-state index is -1.17. The number of benzene rings is 2. The average molecular weight is 390 g/mol. The summed E-state index contributed by atoms with van der Waals surface area (Å²) < 4.78 is 23.6. The van der Waals surface area contributed by atoms with Crippen molar-refractivity contribution in [1.82, 2.24) is 0 Å². The molecule has 0 aliphatic carbocycles. The summed E-state index contributed by atoms with van der Waals surface area (Å²) in [6, 6.07) is 12.8. The fraction of sp³-hybridized carbons (Fsp3) is 0.400. The van der Waals surface area contributed by atoms with Gasteiger partial charge in [0.15, 0.2) is 12.6 Å². The van der Waals surface area contributed by atoms with Crippen molar-refractivity contribution >= 4 is 0 Å². The summed E-state index contributed by atoms with van der Waals surface area (Å²) in [7, 11) is 0. The topological polar surface area (TPSA) is 118 Å². The lowest BCUT2D eigenvalue weighted by Crippen LogP contribution is -2.58. The van der Waals surface area contributed by atoms with Crippen LogP contribution in [0.2, 0.25) is 0 Å². The van der Waals surface area contributed by atoms with Crippen molar-refractivity contribution in [1.29, 1.82) is 0 Å². The van der Waals surface area contributed by atoms with Gasteiger partial charge in [0.1, 0.15) is 35.9 Å². The highest BCUT2D eigenvalue weighted by Crippen LogP contribution is 2.39. The number of hydrogen-bond acceptors (Lipinski definition) is 8.